The lowest BCUT2D eigenvalue weighted by molar-refractivity contribution is 0.00578. The van der Waals surface area contributed by atoms with Crippen molar-refractivity contribution in [3.63, 3.8) is 0 Å². The van der Waals surface area contributed by atoms with Crippen LogP contribution >= 0.6 is 0 Å². The van der Waals surface area contributed by atoms with E-state index >= 15 is 0 Å². The lowest BCUT2D eigenvalue weighted by atomic mass is 9.79. The molecule has 0 spiro atoms. The molecule has 1 heterocycles. The first-order valence-corrected chi connectivity index (χ1v) is 8.05. The van der Waals surface area contributed by atoms with Gasteiger partial charge >= 0.3 is 13.1 Å². The summed E-state index contributed by atoms with van der Waals surface area (Å²) in [5.41, 5.74) is -0.691. The molecule has 1 aromatic rings. The van der Waals surface area contributed by atoms with Gasteiger partial charge in [-0.15, -0.1) is 0 Å². The summed E-state index contributed by atoms with van der Waals surface area (Å²) in [5.74, 6) is -0.536. The van der Waals surface area contributed by atoms with Gasteiger partial charge < -0.3 is 19.9 Å². The Bertz CT molecular complexity index is 625. The third-order valence-corrected chi connectivity index (χ3v) is 4.26. The minimum absolute atomic E-state index is 0.108. The van der Waals surface area contributed by atoms with Crippen molar-refractivity contribution >= 4 is 24.3 Å². The number of carbonyl (C=O) groups excluding carboxylic acids is 1. The molecular weight excluding hydrogens is 310 g/mol. The van der Waals surface area contributed by atoms with Gasteiger partial charge in [-0.05, 0) is 66.1 Å². The summed E-state index contributed by atoms with van der Waals surface area (Å²) >= 11 is 0. The smallest absolute Gasteiger partial charge is 0.399 e. The molecule has 2 rings (SSSR count). The van der Waals surface area contributed by atoms with Crippen LogP contribution in [0.15, 0.2) is 18.2 Å². The van der Waals surface area contributed by atoms with Crippen LogP contribution in [-0.4, -0.2) is 29.9 Å². The molecule has 1 aliphatic heterocycles. The van der Waals surface area contributed by atoms with Crippen LogP contribution in [-0.2, 0) is 9.31 Å². The molecule has 24 heavy (non-hydrogen) atoms. The van der Waals surface area contributed by atoms with Gasteiger partial charge in [0.25, 0.3) is 0 Å². The van der Waals surface area contributed by atoms with Crippen LogP contribution in [0.2, 0.25) is 0 Å². The van der Waals surface area contributed by atoms with E-state index in [4.69, 9.17) is 9.31 Å². The molecule has 0 aromatic heterocycles. The molecule has 1 aliphatic rings. The van der Waals surface area contributed by atoms with E-state index in [2.05, 4.69) is 10.6 Å². The predicted octanol–water partition coefficient (Wildman–Crippen LogP) is 3.04. The highest BCUT2D eigenvalue weighted by Gasteiger charge is 2.51. The zero-order valence-electron chi connectivity index (χ0n) is 15.4. The van der Waals surface area contributed by atoms with Crippen LogP contribution < -0.4 is 16.1 Å². The van der Waals surface area contributed by atoms with Crippen LogP contribution in [0.4, 0.5) is 14.9 Å². The summed E-state index contributed by atoms with van der Waals surface area (Å²) in [6, 6.07) is 4.08. The van der Waals surface area contributed by atoms with Gasteiger partial charge in [-0.1, -0.05) is 6.07 Å². The normalized spacial score (nSPS) is 19.2. The first kappa shape index (κ1) is 18.7. The van der Waals surface area contributed by atoms with E-state index in [0.717, 1.165) is 0 Å². The molecule has 132 valence electrons. The SMILES string of the molecule is CC(C)(C)NC(=O)Nc1ccc(B2OC(C)(C)C(C)(C)O2)cc1F. The maximum absolute atomic E-state index is 14.3. The monoisotopic (exact) mass is 336 g/mol. The average molecular weight is 336 g/mol. The Kier molecular flexibility index (Phi) is 4.72. The number of nitrogens with one attached hydrogen (secondary N) is 2. The highest BCUT2D eigenvalue weighted by Crippen LogP contribution is 2.36. The third-order valence-electron chi connectivity index (χ3n) is 4.26. The topological polar surface area (TPSA) is 59.6 Å². The van der Waals surface area contributed by atoms with E-state index < -0.39 is 35.7 Å². The van der Waals surface area contributed by atoms with Crippen molar-refractivity contribution in [3.05, 3.63) is 24.0 Å². The highest BCUT2D eigenvalue weighted by atomic mass is 19.1. The molecule has 0 unspecified atom stereocenters. The van der Waals surface area contributed by atoms with Gasteiger partial charge in [-0.2, -0.15) is 0 Å². The first-order valence-electron chi connectivity index (χ1n) is 8.05. The Morgan fingerprint density at radius 1 is 1.12 bits per heavy atom. The van der Waals surface area contributed by atoms with Gasteiger partial charge in [0.05, 0.1) is 16.9 Å². The van der Waals surface area contributed by atoms with Crippen molar-refractivity contribution in [2.24, 2.45) is 0 Å². The van der Waals surface area contributed by atoms with Crippen molar-refractivity contribution < 1.29 is 18.5 Å². The fraction of sp³-hybridized carbons (Fsp3) is 0.588. The fourth-order valence-electron chi connectivity index (χ4n) is 2.25. The van der Waals surface area contributed by atoms with Gasteiger partial charge in [-0.3, -0.25) is 0 Å². The minimum Gasteiger partial charge on any atom is -0.399 e. The molecule has 1 saturated heterocycles. The van der Waals surface area contributed by atoms with Gasteiger partial charge in [0.2, 0.25) is 0 Å². The van der Waals surface area contributed by atoms with Gasteiger partial charge in [-0.25, -0.2) is 9.18 Å². The van der Waals surface area contributed by atoms with Crippen molar-refractivity contribution in [2.45, 2.75) is 65.2 Å². The van der Waals surface area contributed by atoms with E-state index in [9.17, 15) is 9.18 Å². The van der Waals surface area contributed by atoms with E-state index in [-0.39, 0.29) is 5.69 Å². The Balaban J connectivity index is 2.12. The molecule has 2 N–H and O–H groups in total. The van der Waals surface area contributed by atoms with Crippen molar-refractivity contribution in [1.82, 2.24) is 5.32 Å². The van der Waals surface area contributed by atoms with E-state index in [1.165, 1.54) is 12.1 Å². The van der Waals surface area contributed by atoms with E-state index in [0.29, 0.717) is 5.46 Å². The molecule has 0 atom stereocenters. The van der Waals surface area contributed by atoms with E-state index in [1.807, 2.05) is 48.5 Å². The summed E-state index contributed by atoms with van der Waals surface area (Å²) in [5, 5.41) is 5.23. The lowest BCUT2D eigenvalue weighted by Gasteiger charge is -2.32. The Labute approximate surface area is 143 Å². The molecule has 5 nitrogen and oxygen atoms in total. The van der Waals surface area contributed by atoms with Crippen molar-refractivity contribution in [3.8, 4) is 0 Å². The molecule has 0 radical (unpaired) electrons. The van der Waals surface area contributed by atoms with Gasteiger partial charge in [0.1, 0.15) is 5.82 Å². The maximum Gasteiger partial charge on any atom is 0.494 e. The fourth-order valence-corrected chi connectivity index (χ4v) is 2.25. The van der Waals surface area contributed by atoms with Crippen LogP contribution in [0.5, 0.6) is 0 Å². The van der Waals surface area contributed by atoms with Crippen molar-refractivity contribution in [2.75, 3.05) is 5.32 Å². The minimum atomic E-state index is -0.637. The summed E-state index contributed by atoms with van der Waals surface area (Å²) in [6.07, 6.45) is 0. The Hall–Kier alpha value is -1.60. The largest absolute Gasteiger partial charge is 0.494 e. The molecule has 0 aliphatic carbocycles. The molecule has 2 amide bonds. The van der Waals surface area contributed by atoms with Crippen LogP contribution in [0.25, 0.3) is 0 Å². The lowest BCUT2D eigenvalue weighted by Crippen LogP contribution is -2.43. The second kappa shape index (κ2) is 6.04. The van der Waals surface area contributed by atoms with Crippen LogP contribution in [0, 0.1) is 5.82 Å². The number of rotatable bonds is 2. The number of anilines is 1. The van der Waals surface area contributed by atoms with E-state index in [1.54, 1.807) is 6.07 Å². The zero-order valence-corrected chi connectivity index (χ0v) is 15.4. The number of benzene rings is 1. The number of urea groups is 1. The summed E-state index contributed by atoms with van der Waals surface area (Å²) in [4.78, 5) is 11.9. The molecule has 0 saturated carbocycles. The van der Waals surface area contributed by atoms with Crippen molar-refractivity contribution in [1.29, 1.82) is 0 Å². The first-order chi connectivity index (χ1) is 10.8. The predicted molar refractivity (Wildman–Crippen MR) is 94.0 cm³/mol. The molecular formula is C17H26BFN2O3. The zero-order chi connectivity index (χ0) is 18.3. The highest BCUT2D eigenvalue weighted by molar-refractivity contribution is 6.62. The average Bonchev–Trinajstić information content (AvgIpc) is 2.58. The Morgan fingerprint density at radius 3 is 2.12 bits per heavy atom. The summed E-state index contributed by atoms with van der Waals surface area (Å²) in [7, 11) is -0.637. The quantitative estimate of drug-likeness (QED) is 0.816. The summed E-state index contributed by atoms with van der Waals surface area (Å²) < 4.78 is 26.1. The number of halogens is 1. The Morgan fingerprint density at radius 2 is 1.67 bits per heavy atom. The number of amides is 2. The summed E-state index contributed by atoms with van der Waals surface area (Å²) in [6.45, 7) is 13.3. The standard InChI is InChI=1S/C17H26BFN2O3/c1-15(2,3)21-14(22)20-13-9-8-11(10-12(13)19)18-23-16(4,5)17(6,7)24-18/h8-10H,1-7H3,(H2,20,21,22). The number of hydrogen-bond donors (Lipinski definition) is 2. The number of carbonyl (C=O) groups is 1. The van der Waals surface area contributed by atoms with Crippen LogP contribution in [0.1, 0.15) is 48.5 Å². The van der Waals surface area contributed by atoms with Crippen LogP contribution in [0.3, 0.4) is 0 Å². The molecule has 7 heteroatoms. The third kappa shape index (κ3) is 4.08. The van der Waals surface area contributed by atoms with Gasteiger partial charge in [0.15, 0.2) is 0 Å². The molecule has 1 fully saturated rings. The molecule has 0 bridgehead atoms. The maximum atomic E-state index is 14.3. The second-order valence-electron chi connectivity index (χ2n) is 8.16. The molecule has 1 aromatic carbocycles. The number of hydrogen-bond acceptors (Lipinski definition) is 3. The van der Waals surface area contributed by atoms with Gasteiger partial charge in [0, 0.05) is 5.54 Å². The second-order valence-corrected chi connectivity index (χ2v) is 8.16.